The first kappa shape index (κ1) is 21.8. The van der Waals surface area contributed by atoms with Gasteiger partial charge in [0.1, 0.15) is 5.75 Å². The second-order valence-corrected chi connectivity index (χ2v) is 9.20. The van der Waals surface area contributed by atoms with E-state index in [0.717, 1.165) is 18.2 Å². The molecule has 25 heavy (non-hydrogen) atoms. The van der Waals surface area contributed by atoms with E-state index in [1.165, 1.54) is 0 Å². The fraction of sp³-hybridized carbons (Fsp3) is 0.611. The molecule has 1 aromatic rings. The van der Waals surface area contributed by atoms with Gasteiger partial charge in [0, 0.05) is 19.0 Å². The molecule has 0 aliphatic rings. The van der Waals surface area contributed by atoms with Gasteiger partial charge in [-0.2, -0.15) is 8.42 Å². The highest BCUT2D eigenvalue weighted by Crippen LogP contribution is 2.23. The molecular formula is C18H28ClNO4S. The lowest BCUT2D eigenvalue weighted by atomic mass is 9.93. The van der Waals surface area contributed by atoms with E-state index in [1.54, 1.807) is 24.3 Å². The minimum Gasteiger partial charge on any atom is -0.383 e. The summed E-state index contributed by atoms with van der Waals surface area (Å²) in [6, 6.07) is 6.72. The molecular weight excluding hydrogens is 362 g/mol. The van der Waals surface area contributed by atoms with Crippen molar-refractivity contribution in [2.24, 2.45) is 11.3 Å². The van der Waals surface area contributed by atoms with Crippen molar-refractivity contribution in [1.82, 2.24) is 4.90 Å². The standard InChI is InChI=1S/C18H28ClNO4S/c1-14(2)10-11-20(17(21)18(3,4)13-19)12-15-6-8-16(9-7-15)24-25(5,22)23/h6-9,14H,10-13H2,1-5H3. The largest absolute Gasteiger partial charge is 0.383 e. The number of benzene rings is 1. The van der Waals surface area contributed by atoms with Crippen LogP contribution in [0.2, 0.25) is 0 Å². The topological polar surface area (TPSA) is 63.7 Å². The van der Waals surface area contributed by atoms with Gasteiger partial charge in [0.05, 0.1) is 11.7 Å². The maximum Gasteiger partial charge on any atom is 0.306 e. The Balaban J connectivity index is 2.91. The average Bonchev–Trinajstić information content (AvgIpc) is 2.50. The van der Waals surface area contributed by atoms with Gasteiger partial charge in [-0.1, -0.05) is 26.0 Å². The third-order valence-electron chi connectivity index (χ3n) is 3.72. The molecule has 0 bridgehead atoms. The number of rotatable bonds is 9. The molecule has 0 unspecified atom stereocenters. The van der Waals surface area contributed by atoms with Crippen molar-refractivity contribution in [1.29, 1.82) is 0 Å². The molecule has 5 nitrogen and oxygen atoms in total. The molecule has 0 spiro atoms. The Kier molecular flexibility index (Phi) is 7.75. The summed E-state index contributed by atoms with van der Waals surface area (Å²) in [7, 11) is -3.55. The maximum atomic E-state index is 12.8. The van der Waals surface area contributed by atoms with Crippen LogP contribution in [0.1, 0.15) is 39.7 Å². The molecule has 0 aliphatic carbocycles. The molecule has 0 atom stereocenters. The van der Waals surface area contributed by atoms with E-state index in [9.17, 15) is 13.2 Å². The Bertz CT molecular complexity index is 669. The summed E-state index contributed by atoms with van der Waals surface area (Å²) in [6.07, 6.45) is 1.90. The summed E-state index contributed by atoms with van der Waals surface area (Å²) in [5.41, 5.74) is 0.279. The summed E-state index contributed by atoms with van der Waals surface area (Å²) >= 11 is 5.96. The number of amides is 1. The van der Waals surface area contributed by atoms with E-state index >= 15 is 0 Å². The normalized spacial score (nSPS) is 12.3. The zero-order chi connectivity index (χ0) is 19.3. The summed E-state index contributed by atoms with van der Waals surface area (Å²) < 4.78 is 27.1. The van der Waals surface area contributed by atoms with Crippen LogP contribution in [0.4, 0.5) is 0 Å². The second-order valence-electron chi connectivity index (χ2n) is 7.36. The molecule has 0 saturated heterocycles. The molecule has 1 amide bonds. The van der Waals surface area contributed by atoms with E-state index in [-0.39, 0.29) is 17.5 Å². The third kappa shape index (κ3) is 7.65. The van der Waals surface area contributed by atoms with Crippen LogP contribution in [-0.2, 0) is 21.5 Å². The lowest BCUT2D eigenvalue weighted by Gasteiger charge is -2.31. The number of nitrogens with zero attached hydrogens (tertiary/aromatic N) is 1. The zero-order valence-electron chi connectivity index (χ0n) is 15.6. The van der Waals surface area contributed by atoms with Crippen LogP contribution >= 0.6 is 11.6 Å². The lowest BCUT2D eigenvalue weighted by Crippen LogP contribution is -2.42. The van der Waals surface area contributed by atoms with Crippen LogP contribution in [0.25, 0.3) is 0 Å². The Morgan fingerprint density at radius 1 is 1.24 bits per heavy atom. The molecule has 0 saturated carbocycles. The molecule has 0 radical (unpaired) electrons. The van der Waals surface area contributed by atoms with E-state index in [1.807, 2.05) is 18.7 Å². The highest BCUT2D eigenvalue weighted by atomic mass is 35.5. The molecule has 7 heteroatoms. The smallest absolute Gasteiger partial charge is 0.306 e. The number of halogens is 1. The van der Waals surface area contributed by atoms with Gasteiger partial charge < -0.3 is 9.08 Å². The molecule has 142 valence electrons. The molecule has 0 aromatic heterocycles. The number of hydrogen-bond donors (Lipinski definition) is 0. The number of alkyl halides is 1. The van der Waals surface area contributed by atoms with Gasteiger partial charge >= 0.3 is 10.1 Å². The second kappa shape index (κ2) is 8.90. The predicted molar refractivity (Wildman–Crippen MR) is 101 cm³/mol. The first-order valence-electron chi connectivity index (χ1n) is 8.28. The monoisotopic (exact) mass is 389 g/mol. The van der Waals surface area contributed by atoms with Gasteiger partial charge in [-0.25, -0.2) is 0 Å². The van der Waals surface area contributed by atoms with E-state index in [4.69, 9.17) is 15.8 Å². The molecule has 0 N–H and O–H groups in total. The quantitative estimate of drug-likeness (QED) is 0.477. The van der Waals surface area contributed by atoms with Crippen molar-refractivity contribution in [2.75, 3.05) is 18.7 Å². The van der Waals surface area contributed by atoms with Crippen molar-refractivity contribution in [3.8, 4) is 5.75 Å². The molecule has 0 fully saturated rings. The average molecular weight is 390 g/mol. The Hall–Kier alpha value is -1.27. The fourth-order valence-corrected chi connectivity index (χ4v) is 2.77. The van der Waals surface area contributed by atoms with Crippen molar-refractivity contribution in [3.05, 3.63) is 29.8 Å². The van der Waals surface area contributed by atoms with Crippen molar-refractivity contribution < 1.29 is 17.4 Å². The number of carbonyl (C=O) groups excluding carboxylic acids is 1. The summed E-state index contributed by atoms with van der Waals surface area (Å²) in [6.45, 7) is 9.02. The van der Waals surface area contributed by atoms with Gasteiger partial charge in [-0.05, 0) is 43.9 Å². The summed E-state index contributed by atoms with van der Waals surface area (Å²) in [5, 5.41) is 0. The van der Waals surface area contributed by atoms with Crippen molar-refractivity contribution in [3.63, 3.8) is 0 Å². The van der Waals surface area contributed by atoms with Gasteiger partial charge in [0.15, 0.2) is 0 Å². The minimum absolute atomic E-state index is 0.0135. The minimum atomic E-state index is -3.55. The Morgan fingerprint density at radius 2 is 1.80 bits per heavy atom. The molecule has 0 heterocycles. The lowest BCUT2D eigenvalue weighted by molar-refractivity contribution is -0.140. The zero-order valence-corrected chi connectivity index (χ0v) is 17.2. The van der Waals surface area contributed by atoms with Crippen LogP contribution in [0, 0.1) is 11.3 Å². The Morgan fingerprint density at radius 3 is 2.24 bits per heavy atom. The van der Waals surface area contributed by atoms with Crippen LogP contribution < -0.4 is 4.18 Å². The third-order valence-corrected chi connectivity index (χ3v) is 4.88. The highest BCUT2D eigenvalue weighted by molar-refractivity contribution is 7.86. The SMILES string of the molecule is CC(C)CCN(Cc1ccc(OS(C)(=O)=O)cc1)C(=O)C(C)(C)CCl. The molecule has 0 aliphatic heterocycles. The maximum absolute atomic E-state index is 12.8. The van der Waals surface area contributed by atoms with Crippen LogP contribution in [-0.4, -0.2) is 37.9 Å². The summed E-state index contributed by atoms with van der Waals surface area (Å²) in [5.74, 6) is 1.01. The molecule has 1 aromatic carbocycles. The van der Waals surface area contributed by atoms with Gasteiger partial charge in [0.2, 0.25) is 5.91 Å². The highest BCUT2D eigenvalue weighted by Gasteiger charge is 2.31. The molecule has 1 rings (SSSR count). The number of hydrogen-bond acceptors (Lipinski definition) is 4. The Labute approximate surface area is 156 Å². The van der Waals surface area contributed by atoms with Gasteiger partial charge in [-0.15, -0.1) is 11.6 Å². The fourth-order valence-electron chi connectivity index (χ4n) is 2.20. The van der Waals surface area contributed by atoms with Crippen LogP contribution in [0.15, 0.2) is 24.3 Å². The first-order valence-corrected chi connectivity index (χ1v) is 10.6. The van der Waals surface area contributed by atoms with Crippen LogP contribution in [0.5, 0.6) is 5.75 Å². The van der Waals surface area contributed by atoms with Crippen LogP contribution in [0.3, 0.4) is 0 Å². The van der Waals surface area contributed by atoms with Crippen molar-refractivity contribution in [2.45, 2.75) is 40.7 Å². The van der Waals surface area contributed by atoms with Crippen molar-refractivity contribution >= 4 is 27.6 Å². The van der Waals surface area contributed by atoms with Gasteiger partial charge in [0.25, 0.3) is 0 Å². The van der Waals surface area contributed by atoms with E-state index < -0.39 is 15.5 Å². The predicted octanol–water partition coefficient (Wildman–Crippen LogP) is 3.66. The number of carbonyl (C=O) groups is 1. The van der Waals surface area contributed by atoms with E-state index in [2.05, 4.69) is 13.8 Å². The first-order chi connectivity index (χ1) is 11.4. The summed E-state index contributed by atoms with van der Waals surface area (Å²) in [4.78, 5) is 14.6. The van der Waals surface area contributed by atoms with E-state index in [0.29, 0.717) is 19.0 Å². The van der Waals surface area contributed by atoms with Gasteiger partial charge in [-0.3, -0.25) is 4.79 Å².